The molecule has 0 bridgehead atoms. The Labute approximate surface area is 372 Å². The Kier molecular flexibility index (Phi) is 34.8. The van der Waals surface area contributed by atoms with Crippen molar-refractivity contribution in [1.29, 1.82) is 0 Å². The number of unbranched alkanes of at least 4 members (excludes halogenated alkanes) is 13. The number of aliphatic hydroxyl groups excluding tert-OH is 5. The Morgan fingerprint density at radius 2 is 0.887 bits per heavy atom. The molecule has 0 aromatic carbocycles. The minimum atomic E-state index is -5.13. The molecule has 0 amide bonds. The van der Waals surface area contributed by atoms with E-state index in [1.165, 1.54) is 32.1 Å². The summed E-state index contributed by atoms with van der Waals surface area (Å²) in [6.45, 7) is 3.18. The monoisotopic (exact) mass is 897 g/mol. The number of phosphoric ester groups is 1. The maximum Gasteiger partial charge on any atom is 0.472 e. The van der Waals surface area contributed by atoms with Gasteiger partial charge in [0.1, 0.15) is 43.2 Å². The maximum atomic E-state index is 12.8. The second-order valence-electron chi connectivity index (χ2n) is 15.9. The minimum Gasteiger partial charge on any atom is -0.462 e. The molecule has 1 saturated carbocycles. The first-order valence-electron chi connectivity index (χ1n) is 23.2. The summed E-state index contributed by atoms with van der Waals surface area (Å²) >= 11 is 0. The van der Waals surface area contributed by atoms with Gasteiger partial charge in [-0.05, 0) is 83.5 Å². The van der Waals surface area contributed by atoms with Crippen molar-refractivity contribution in [3.05, 3.63) is 72.9 Å². The molecule has 0 spiro atoms. The third-order valence-corrected chi connectivity index (χ3v) is 11.3. The van der Waals surface area contributed by atoms with Gasteiger partial charge in [-0.2, -0.15) is 0 Å². The van der Waals surface area contributed by atoms with Gasteiger partial charge in [0.2, 0.25) is 0 Å². The van der Waals surface area contributed by atoms with Crippen LogP contribution in [0.25, 0.3) is 0 Å². The lowest BCUT2D eigenvalue weighted by Gasteiger charge is -2.41. The topological polar surface area (TPSA) is 210 Å². The molecule has 0 aromatic heterocycles. The van der Waals surface area contributed by atoms with Crippen LogP contribution >= 0.6 is 7.82 Å². The molecule has 14 heteroatoms. The Morgan fingerprint density at radius 1 is 0.500 bits per heavy atom. The van der Waals surface area contributed by atoms with E-state index in [-0.39, 0.29) is 12.8 Å². The van der Waals surface area contributed by atoms with E-state index in [9.17, 15) is 44.6 Å². The highest BCUT2D eigenvalue weighted by Gasteiger charge is 2.51. The van der Waals surface area contributed by atoms with Gasteiger partial charge in [0.25, 0.3) is 0 Å². The van der Waals surface area contributed by atoms with E-state index in [4.69, 9.17) is 18.5 Å². The summed E-state index contributed by atoms with van der Waals surface area (Å²) in [6, 6.07) is 0. The Morgan fingerprint density at radius 3 is 1.39 bits per heavy atom. The fraction of sp³-hybridized carbons (Fsp3) is 0.708. The average Bonchev–Trinajstić information content (AvgIpc) is 3.25. The van der Waals surface area contributed by atoms with Crippen LogP contribution in [0.2, 0.25) is 0 Å². The second kappa shape index (κ2) is 37.6. The van der Waals surface area contributed by atoms with Crippen molar-refractivity contribution >= 4 is 19.8 Å². The lowest BCUT2D eigenvalue weighted by Crippen LogP contribution is -2.64. The van der Waals surface area contributed by atoms with E-state index < -0.39 is 75.7 Å². The summed E-state index contributed by atoms with van der Waals surface area (Å²) in [6.07, 6.45) is 33.8. The van der Waals surface area contributed by atoms with Crippen LogP contribution in [0.5, 0.6) is 0 Å². The van der Waals surface area contributed by atoms with Crippen LogP contribution in [0, 0.1) is 0 Å². The first-order valence-corrected chi connectivity index (χ1v) is 24.7. The molecule has 62 heavy (non-hydrogen) atoms. The van der Waals surface area contributed by atoms with Gasteiger partial charge in [0.05, 0.1) is 6.61 Å². The van der Waals surface area contributed by atoms with Crippen LogP contribution < -0.4 is 0 Å². The zero-order chi connectivity index (χ0) is 45.7. The zero-order valence-electron chi connectivity index (χ0n) is 37.6. The molecule has 356 valence electrons. The van der Waals surface area contributed by atoms with Crippen molar-refractivity contribution < 1.29 is 63.1 Å². The van der Waals surface area contributed by atoms with Crippen molar-refractivity contribution in [2.24, 2.45) is 0 Å². The summed E-state index contributed by atoms with van der Waals surface area (Å²) in [7, 11) is -5.13. The summed E-state index contributed by atoms with van der Waals surface area (Å²) in [5.74, 6) is -1.16. The molecule has 1 aliphatic carbocycles. The second-order valence-corrected chi connectivity index (χ2v) is 17.3. The van der Waals surface area contributed by atoms with Crippen LogP contribution in [-0.4, -0.2) is 98.3 Å². The predicted octanol–water partition coefficient (Wildman–Crippen LogP) is 9.11. The van der Waals surface area contributed by atoms with Crippen LogP contribution in [0.15, 0.2) is 72.9 Å². The van der Waals surface area contributed by atoms with E-state index in [0.717, 1.165) is 89.9 Å². The molecule has 0 saturated heterocycles. The van der Waals surface area contributed by atoms with Crippen LogP contribution in [0.1, 0.15) is 162 Å². The van der Waals surface area contributed by atoms with Gasteiger partial charge in [-0.1, -0.05) is 138 Å². The van der Waals surface area contributed by atoms with E-state index >= 15 is 0 Å². The molecule has 6 unspecified atom stereocenters. The van der Waals surface area contributed by atoms with E-state index in [0.29, 0.717) is 12.8 Å². The van der Waals surface area contributed by atoms with E-state index in [1.54, 1.807) is 0 Å². The van der Waals surface area contributed by atoms with Crippen LogP contribution in [-0.2, 0) is 32.7 Å². The number of esters is 2. The Bertz CT molecular complexity index is 1360. The number of hydrogen-bond acceptors (Lipinski definition) is 12. The molecule has 0 radical (unpaired) electrons. The number of carbonyl (C=O) groups is 2. The minimum absolute atomic E-state index is 0.0694. The smallest absolute Gasteiger partial charge is 0.462 e. The van der Waals surface area contributed by atoms with Crippen molar-refractivity contribution in [3.63, 3.8) is 0 Å². The zero-order valence-corrected chi connectivity index (χ0v) is 38.5. The van der Waals surface area contributed by atoms with Gasteiger partial charge in [-0.25, -0.2) is 4.57 Å². The largest absolute Gasteiger partial charge is 0.472 e. The predicted molar refractivity (Wildman–Crippen MR) is 244 cm³/mol. The molecule has 6 N–H and O–H groups in total. The number of hydrogen-bond donors (Lipinski definition) is 6. The van der Waals surface area contributed by atoms with Gasteiger partial charge in [0, 0.05) is 12.8 Å². The van der Waals surface area contributed by atoms with Crippen molar-refractivity contribution in [2.45, 2.75) is 204 Å². The van der Waals surface area contributed by atoms with Crippen molar-refractivity contribution in [3.8, 4) is 0 Å². The van der Waals surface area contributed by atoms with Gasteiger partial charge in [-0.15, -0.1) is 0 Å². The summed E-state index contributed by atoms with van der Waals surface area (Å²) in [4.78, 5) is 35.7. The molecule has 1 rings (SSSR count). The standard InChI is InChI=1S/C48H81O13P/c1-3-5-7-9-11-13-15-17-19-20-21-22-23-25-26-28-30-32-34-36-41(49)58-38-40(39-59-62(56,57)61-48-46(54)44(52)43(51)45(53)47(48)55)60-42(50)37-35-33-31-29-27-24-18-16-14-12-10-8-6-4-2/h10-13,16-19,21-22,25-26,40,43-48,51-55H,3-9,14-15,20,23-24,27-39H2,1-2H3,(H,56,57)/b12-10+,13-11+,18-16+,19-17+,22-21+,26-25+/t40-,43?,44-,45?,46?,47?,48?/m0/s1. The number of aliphatic hydroxyl groups is 5. The highest BCUT2D eigenvalue weighted by atomic mass is 31.2. The lowest BCUT2D eigenvalue weighted by atomic mass is 9.85. The first kappa shape index (κ1) is 57.3. The highest BCUT2D eigenvalue weighted by molar-refractivity contribution is 7.47. The molecular weight excluding hydrogens is 815 g/mol. The quantitative estimate of drug-likeness (QED) is 0.0149. The number of carbonyl (C=O) groups excluding carboxylic acids is 2. The molecule has 0 aromatic rings. The molecule has 1 fully saturated rings. The molecule has 1 aliphatic rings. The van der Waals surface area contributed by atoms with Gasteiger partial charge in [-0.3, -0.25) is 18.6 Å². The van der Waals surface area contributed by atoms with Gasteiger partial charge in [0.15, 0.2) is 6.10 Å². The number of phosphoric acid groups is 1. The fourth-order valence-electron chi connectivity index (χ4n) is 6.46. The number of allylic oxidation sites excluding steroid dienone is 12. The summed E-state index contributed by atoms with van der Waals surface area (Å²) in [5.41, 5.74) is 0. The maximum absolute atomic E-state index is 12.8. The third kappa shape index (κ3) is 29.6. The summed E-state index contributed by atoms with van der Waals surface area (Å²) in [5, 5.41) is 50.1. The van der Waals surface area contributed by atoms with Crippen LogP contribution in [0.4, 0.5) is 0 Å². The molecule has 0 aliphatic heterocycles. The van der Waals surface area contributed by atoms with Gasteiger partial charge < -0.3 is 39.9 Å². The molecule has 0 heterocycles. The van der Waals surface area contributed by atoms with E-state index in [1.807, 2.05) is 0 Å². The fourth-order valence-corrected chi connectivity index (χ4v) is 7.43. The highest BCUT2D eigenvalue weighted by Crippen LogP contribution is 2.47. The van der Waals surface area contributed by atoms with Crippen molar-refractivity contribution in [2.75, 3.05) is 13.2 Å². The lowest BCUT2D eigenvalue weighted by molar-refractivity contribution is -0.220. The van der Waals surface area contributed by atoms with Crippen molar-refractivity contribution in [1.82, 2.24) is 0 Å². The number of rotatable bonds is 37. The molecule has 8 atom stereocenters. The first-order chi connectivity index (χ1) is 29.9. The normalized spacial score (nSPS) is 22.5. The molecule has 13 nitrogen and oxygen atoms in total. The number of ether oxygens (including phenoxy) is 2. The SMILES string of the molecule is CCCC/C=C/C/C=C/CCCCCCCC(=O)O[C@@H](COC(=O)CCCCC/C=C/C/C=C/C/C=C/C/C=C/CCCCC)COP(=O)(O)OC1C(O)C(O)C(O)[C@H](O)C1O. The van der Waals surface area contributed by atoms with E-state index in [2.05, 4.69) is 86.8 Å². The third-order valence-electron chi connectivity index (χ3n) is 10.3. The Balaban J connectivity index is 2.49. The van der Waals surface area contributed by atoms with Crippen LogP contribution in [0.3, 0.4) is 0 Å². The Hall–Kier alpha value is -2.71. The average molecular weight is 897 g/mol. The summed E-state index contributed by atoms with van der Waals surface area (Å²) < 4.78 is 33.5. The molecular formula is C48H81O13P. The van der Waals surface area contributed by atoms with Gasteiger partial charge >= 0.3 is 19.8 Å².